The number of benzene rings is 2. The minimum atomic E-state index is -3.29. The van der Waals surface area contributed by atoms with E-state index >= 15 is 0 Å². The fourth-order valence-corrected chi connectivity index (χ4v) is 3.30. The molecule has 0 aromatic heterocycles. The Bertz CT molecular complexity index is 876. The van der Waals surface area contributed by atoms with Crippen LogP contribution in [0.15, 0.2) is 63.5 Å². The van der Waals surface area contributed by atoms with Crippen LogP contribution in [0.3, 0.4) is 0 Å². The molecular weight excluding hydrogens is 365 g/mol. The molecule has 0 aliphatic carbocycles. The predicted molar refractivity (Wildman–Crippen MR) is 97.5 cm³/mol. The van der Waals surface area contributed by atoms with E-state index in [2.05, 4.69) is 15.8 Å². The summed E-state index contributed by atoms with van der Waals surface area (Å²) in [6.07, 6.45) is 0. The van der Waals surface area contributed by atoms with Crippen molar-refractivity contribution in [2.24, 2.45) is 5.16 Å². The molecule has 2 aromatic rings. The highest BCUT2D eigenvalue weighted by molar-refractivity contribution is 8.15. The molecule has 0 aliphatic heterocycles. The zero-order chi connectivity index (χ0) is 18.4. The molecule has 5 nitrogen and oxygen atoms in total. The SMILES string of the molecule is C=S(=O)(ON=C(Sc1ccc(C)cc1)C(=O)OC)c1ccc(F)cc1. The van der Waals surface area contributed by atoms with Gasteiger partial charge in [-0.05, 0) is 49.2 Å². The fraction of sp³-hybridized carbons (Fsp3) is 0.118. The van der Waals surface area contributed by atoms with Crippen molar-refractivity contribution in [3.63, 3.8) is 0 Å². The lowest BCUT2D eigenvalue weighted by Crippen LogP contribution is -2.14. The Labute approximate surface area is 150 Å². The van der Waals surface area contributed by atoms with E-state index < -0.39 is 21.6 Å². The van der Waals surface area contributed by atoms with Crippen molar-refractivity contribution in [3.05, 3.63) is 59.9 Å². The Kier molecular flexibility index (Phi) is 6.22. The number of hydrogen-bond donors (Lipinski definition) is 0. The molecule has 1 unspecified atom stereocenters. The van der Waals surface area contributed by atoms with Crippen molar-refractivity contribution in [3.8, 4) is 0 Å². The fourth-order valence-electron chi connectivity index (χ4n) is 1.68. The van der Waals surface area contributed by atoms with Crippen LogP contribution in [0.4, 0.5) is 4.39 Å². The molecule has 0 heterocycles. The molecule has 2 rings (SSSR count). The maximum Gasteiger partial charge on any atom is 0.367 e. The number of rotatable bonds is 4. The number of methoxy groups -OCH3 is 1. The molecule has 132 valence electrons. The smallest absolute Gasteiger partial charge is 0.367 e. The lowest BCUT2D eigenvalue weighted by atomic mass is 10.2. The third-order valence-electron chi connectivity index (χ3n) is 3.01. The summed E-state index contributed by atoms with van der Waals surface area (Å²) in [6, 6.07) is 12.2. The normalized spacial score (nSPS) is 13.8. The van der Waals surface area contributed by atoms with Crippen molar-refractivity contribution in [1.82, 2.24) is 0 Å². The highest BCUT2D eigenvalue weighted by atomic mass is 32.2. The standard InChI is InChI=1S/C17H16FNO4S2/c1-12-4-8-14(9-5-12)24-16(17(20)22-2)19-23-25(3,21)15-10-6-13(18)7-11-15/h4-11H,3H2,1-2H3. The van der Waals surface area contributed by atoms with Crippen molar-refractivity contribution >= 4 is 38.4 Å². The molecule has 0 fully saturated rings. The Hall–Kier alpha value is -2.32. The van der Waals surface area contributed by atoms with Gasteiger partial charge in [0.05, 0.1) is 12.0 Å². The minimum Gasteiger partial charge on any atom is -0.464 e. The van der Waals surface area contributed by atoms with Gasteiger partial charge >= 0.3 is 5.97 Å². The zero-order valence-electron chi connectivity index (χ0n) is 13.6. The molecule has 0 aliphatic rings. The number of carbonyl (C=O) groups is 1. The Morgan fingerprint density at radius 3 is 2.32 bits per heavy atom. The summed E-state index contributed by atoms with van der Waals surface area (Å²) in [5.41, 5.74) is 1.06. The molecular formula is C17H16FNO4S2. The van der Waals surface area contributed by atoms with Gasteiger partial charge in [0.1, 0.15) is 5.82 Å². The Morgan fingerprint density at radius 1 is 1.16 bits per heavy atom. The summed E-state index contributed by atoms with van der Waals surface area (Å²) in [5.74, 6) is 2.25. The average Bonchev–Trinajstić information content (AvgIpc) is 2.60. The van der Waals surface area contributed by atoms with E-state index in [-0.39, 0.29) is 9.94 Å². The summed E-state index contributed by atoms with van der Waals surface area (Å²) in [4.78, 5) is 12.8. The van der Waals surface area contributed by atoms with Gasteiger partial charge in [0.2, 0.25) is 5.04 Å². The summed E-state index contributed by atoms with van der Waals surface area (Å²) in [6.45, 7) is 1.94. The first-order valence-electron chi connectivity index (χ1n) is 7.04. The number of aryl methyl sites for hydroxylation is 1. The van der Waals surface area contributed by atoms with E-state index in [0.717, 1.165) is 34.4 Å². The van der Waals surface area contributed by atoms with Crippen LogP contribution in [-0.4, -0.2) is 28.2 Å². The van der Waals surface area contributed by atoms with Crippen LogP contribution in [0.25, 0.3) is 0 Å². The molecule has 2 aromatic carbocycles. The first kappa shape index (κ1) is 19.0. The van der Waals surface area contributed by atoms with Gasteiger partial charge in [-0.25, -0.2) is 13.4 Å². The largest absolute Gasteiger partial charge is 0.464 e. The zero-order valence-corrected chi connectivity index (χ0v) is 15.2. The second-order valence-electron chi connectivity index (χ2n) is 4.95. The van der Waals surface area contributed by atoms with Gasteiger partial charge in [0.25, 0.3) is 0 Å². The molecule has 0 spiro atoms. The van der Waals surface area contributed by atoms with E-state index in [4.69, 9.17) is 4.28 Å². The number of oxime groups is 1. The topological polar surface area (TPSA) is 65.0 Å². The van der Waals surface area contributed by atoms with Gasteiger partial charge in [-0.3, -0.25) is 4.28 Å². The van der Waals surface area contributed by atoms with E-state index in [0.29, 0.717) is 0 Å². The molecule has 0 bridgehead atoms. The van der Waals surface area contributed by atoms with Gasteiger partial charge in [-0.15, -0.1) is 0 Å². The van der Waals surface area contributed by atoms with Gasteiger partial charge in [-0.2, -0.15) is 0 Å². The predicted octanol–water partition coefficient (Wildman–Crippen LogP) is 3.42. The number of carbonyl (C=O) groups excluding carboxylic acids is 1. The summed E-state index contributed by atoms with van der Waals surface area (Å²) in [7, 11) is -2.08. The summed E-state index contributed by atoms with van der Waals surface area (Å²) < 4.78 is 35.1. The molecule has 0 radical (unpaired) electrons. The highest BCUT2D eigenvalue weighted by Crippen LogP contribution is 2.22. The van der Waals surface area contributed by atoms with Crippen LogP contribution < -0.4 is 0 Å². The van der Waals surface area contributed by atoms with Crippen molar-refractivity contribution in [2.75, 3.05) is 7.11 Å². The molecule has 0 N–H and O–H groups in total. The van der Waals surface area contributed by atoms with Gasteiger partial charge in [0, 0.05) is 4.90 Å². The number of halogens is 1. The number of thioether (sulfide) groups is 1. The van der Waals surface area contributed by atoms with Crippen molar-refractivity contribution in [1.29, 1.82) is 0 Å². The third-order valence-corrected chi connectivity index (χ3v) is 5.26. The summed E-state index contributed by atoms with van der Waals surface area (Å²) >= 11 is 1.01. The lowest BCUT2D eigenvalue weighted by Gasteiger charge is -2.08. The number of nitrogens with zero attached hydrogens (tertiary/aromatic N) is 1. The van der Waals surface area contributed by atoms with Crippen LogP contribution in [0, 0.1) is 12.7 Å². The molecule has 8 heteroatoms. The van der Waals surface area contributed by atoms with E-state index in [1.807, 2.05) is 19.1 Å². The van der Waals surface area contributed by atoms with E-state index in [1.54, 1.807) is 12.1 Å². The Balaban J connectivity index is 2.23. The van der Waals surface area contributed by atoms with Crippen molar-refractivity contribution < 1.29 is 22.4 Å². The minimum absolute atomic E-state index is 0.134. The van der Waals surface area contributed by atoms with Gasteiger partial charge < -0.3 is 4.74 Å². The second kappa shape index (κ2) is 8.17. The molecule has 1 atom stereocenters. The Morgan fingerprint density at radius 2 is 1.76 bits per heavy atom. The summed E-state index contributed by atoms with van der Waals surface area (Å²) in [5, 5.41) is 3.52. The molecule has 0 saturated heterocycles. The highest BCUT2D eigenvalue weighted by Gasteiger charge is 2.17. The maximum atomic E-state index is 13.0. The van der Waals surface area contributed by atoms with Crippen LogP contribution >= 0.6 is 11.8 Å². The molecule has 25 heavy (non-hydrogen) atoms. The third kappa shape index (κ3) is 5.33. The van der Waals surface area contributed by atoms with Crippen LogP contribution in [-0.2, 0) is 23.6 Å². The lowest BCUT2D eigenvalue weighted by molar-refractivity contribution is -0.132. The molecule has 0 saturated carbocycles. The number of hydrogen-bond acceptors (Lipinski definition) is 6. The van der Waals surface area contributed by atoms with Crippen LogP contribution in [0.2, 0.25) is 0 Å². The maximum absolute atomic E-state index is 13.0. The first-order valence-corrected chi connectivity index (χ1v) is 9.51. The average molecular weight is 381 g/mol. The van der Waals surface area contributed by atoms with E-state index in [9.17, 15) is 13.4 Å². The van der Waals surface area contributed by atoms with E-state index in [1.165, 1.54) is 19.2 Å². The van der Waals surface area contributed by atoms with Crippen molar-refractivity contribution in [2.45, 2.75) is 16.7 Å². The van der Waals surface area contributed by atoms with Gasteiger partial charge in [0.15, 0.2) is 9.80 Å². The quantitative estimate of drug-likeness (QED) is 0.203. The van der Waals surface area contributed by atoms with Crippen LogP contribution in [0.5, 0.6) is 0 Å². The monoisotopic (exact) mass is 381 g/mol. The second-order valence-corrected chi connectivity index (χ2v) is 7.86. The number of ether oxygens (including phenoxy) is 1. The number of esters is 1. The van der Waals surface area contributed by atoms with Crippen LogP contribution in [0.1, 0.15) is 5.56 Å². The first-order chi connectivity index (χ1) is 11.8. The molecule has 0 amide bonds. The van der Waals surface area contributed by atoms with Gasteiger partial charge in [-0.1, -0.05) is 34.6 Å².